The summed E-state index contributed by atoms with van der Waals surface area (Å²) in [5.74, 6) is 1.17. The Balaban J connectivity index is 1.54. The number of carbonyl (C=O) groups excluding carboxylic acids is 1. The fourth-order valence-electron chi connectivity index (χ4n) is 3.33. The summed E-state index contributed by atoms with van der Waals surface area (Å²) in [6, 6.07) is 10.4. The summed E-state index contributed by atoms with van der Waals surface area (Å²) >= 11 is 1.43. The van der Waals surface area contributed by atoms with Crippen molar-refractivity contribution >= 4 is 23.6 Å². The van der Waals surface area contributed by atoms with Crippen molar-refractivity contribution in [2.24, 2.45) is 0 Å². The SMILES string of the molecule is CCn1c(SCC(=O)NC[C@H](c2ccccc2)N(C)C)nnc1N1CCOCC1. The normalized spacial score (nSPS) is 15.5. The molecule has 1 fully saturated rings. The Labute approximate surface area is 176 Å². The molecule has 1 aromatic carbocycles. The van der Waals surface area contributed by atoms with Crippen LogP contribution in [-0.2, 0) is 16.1 Å². The first-order valence-electron chi connectivity index (χ1n) is 9.97. The van der Waals surface area contributed by atoms with E-state index >= 15 is 0 Å². The number of aromatic nitrogens is 3. The molecule has 1 aromatic heterocycles. The van der Waals surface area contributed by atoms with Crippen LogP contribution in [0, 0.1) is 0 Å². The summed E-state index contributed by atoms with van der Waals surface area (Å²) in [7, 11) is 4.05. The van der Waals surface area contributed by atoms with Gasteiger partial charge in [0.05, 0.1) is 25.0 Å². The first kappa shape index (κ1) is 21.6. The lowest BCUT2D eigenvalue weighted by molar-refractivity contribution is -0.118. The number of anilines is 1. The highest BCUT2D eigenvalue weighted by atomic mass is 32.2. The van der Waals surface area contributed by atoms with Crippen molar-refractivity contribution in [1.29, 1.82) is 0 Å². The van der Waals surface area contributed by atoms with Crippen molar-refractivity contribution < 1.29 is 9.53 Å². The molecule has 9 heteroatoms. The Morgan fingerprint density at radius 3 is 2.62 bits per heavy atom. The molecule has 0 saturated carbocycles. The van der Waals surface area contributed by atoms with Crippen LogP contribution in [0.1, 0.15) is 18.5 Å². The number of hydrogen-bond acceptors (Lipinski definition) is 7. The van der Waals surface area contributed by atoms with Crippen molar-refractivity contribution in [2.75, 3.05) is 57.6 Å². The first-order valence-corrected chi connectivity index (χ1v) is 11.0. The Hall–Kier alpha value is -2.10. The number of nitrogens with one attached hydrogen (secondary N) is 1. The minimum atomic E-state index is -0.00337. The zero-order valence-corrected chi connectivity index (χ0v) is 18.2. The van der Waals surface area contributed by atoms with Gasteiger partial charge in [-0.2, -0.15) is 0 Å². The Kier molecular flexibility index (Phi) is 7.91. The van der Waals surface area contributed by atoms with E-state index in [2.05, 4.69) is 48.9 Å². The number of morpholine rings is 1. The molecule has 29 heavy (non-hydrogen) atoms. The van der Waals surface area contributed by atoms with Crippen LogP contribution in [0.15, 0.2) is 35.5 Å². The second-order valence-corrected chi connectivity index (χ2v) is 8.05. The maximum Gasteiger partial charge on any atom is 0.230 e. The highest BCUT2D eigenvalue weighted by Crippen LogP contribution is 2.23. The van der Waals surface area contributed by atoms with Crippen molar-refractivity contribution in [3.8, 4) is 0 Å². The average molecular weight is 419 g/mol. The van der Waals surface area contributed by atoms with Crippen LogP contribution in [0.3, 0.4) is 0 Å². The van der Waals surface area contributed by atoms with Crippen molar-refractivity contribution in [2.45, 2.75) is 24.7 Å². The van der Waals surface area contributed by atoms with Crippen LogP contribution in [-0.4, -0.2) is 78.3 Å². The van der Waals surface area contributed by atoms with E-state index in [9.17, 15) is 4.79 Å². The molecule has 0 spiro atoms. The van der Waals surface area contributed by atoms with Gasteiger partial charge in [0.15, 0.2) is 5.16 Å². The minimum Gasteiger partial charge on any atom is -0.378 e. The predicted octanol–water partition coefficient (Wildman–Crippen LogP) is 1.65. The van der Waals surface area contributed by atoms with E-state index in [1.54, 1.807) is 0 Å². The minimum absolute atomic E-state index is 0.00337. The molecule has 0 radical (unpaired) electrons. The van der Waals surface area contributed by atoms with Gasteiger partial charge in [0.1, 0.15) is 0 Å². The van der Waals surface area contributed by atoms with Gasteiger partial charge in [-0.25, -0.2) is 0 Å². The maximum absolute atomic E-state index is 12.4. The molecule has 0 aliphatic carbocycles. The molecule has 3 rings (SSSR count). The van der Waals surface area contributed by atoms with Gasteiger partial charge in [-0.15, -0.1) is 10.2 Å². The van der Waals surface area contributed by atoms with E-state index in [0.29, 0.717) is 25.5 Å². The van der Waals surface area contributed by atoms with Crippen LogP contribution in [0.25, 0.3) is 0 Å². The summed E-state index contributed by atoms with van der Waals surface area (Å²) in [4.78, 5) is 16.8. The van der Waals surface area contributed by atoms with E-state index in [0.717, 1.165) is 30.7 Å². The van der Waals surface area contributed by atoms with Crippen molar-refractivity contribution in [3.63, 3.8) is 0 Å². The average Bonchev–Trinajstić information content (AvgIpc) is 3.16. The molecule has 158 valence electrons. The number of nitrogens with zero attached hydrogens (tertiary/aromatic N) is 5. The molecule has 1 aliphatic rings. The standard InChI is InChI=1S/C20H30N6O2S/c1-4-26-19(25-10-12-28-13-11-25)22-23-20(26)29-15-18(27)21-14-17(24(2)3)16-8-6-5-7-9-16/h5-9,17H,4,10-15H2,1-3H3,(H,21,27)/t17-/m1/s1. The lowest BCUT2D eigenvalue weighted by Crippen LogP contribution is -2.38. The number of likely N-dealkylation sites (N-methyl/N-ethyl adjacent to an activating group) is 1. The Morgan fingerprint density at radius 1 is 1.24 bits per heavy atom. The molecule has 2 aromatic rings. The van der Waals surface area contributed by atoms with Crippen LogP contribution in [0.2, 0.25) is 0 Å². The Bertz CT molecular complexity index is 777. The van der Waals surface area contributed by atoms with Gasteiger partial charge in [-0.1, -0.05) is 42.1 Å². The third kappa shape index (κ3) is 5.71. The number of benzene rings is 1. The molecular weight excluding hydrogens is 388 g/mol. The smallest absolute Gasteiger partial charge is 0.230 e. The molecule has 1 atom stereocenters. The number of ether oxygens (including phenoxy) is 1. The molecule has 0 bridgehead atoms. The van der Waals surface area contributed by atoms with Gasteiger partial charge in [-0.05, 0) is 26.6 Å². The third-order valence-electron chi connectivity index (χ3n) is 4.94. The molecule has 8 nitrogen and oxygen atoms in total. The van der Waals surface area contributed by atoms with E-state index in [-0.39, 0.29) is 11.9 Å². The summed E-state index contributed by atoms with van der Waals surface area (Å²) in [6.07, 6.45) is 0. The summed E-state index contributed by atoms with van der Waals surface area (Å²) in [5.41, 5.74) is 1.19. The monoisotopic (exact) mass is 418 g/mol. The molecule has 0 unspecified atom stereocenters. The molecule has 1 aliphatic heterocycles. The van der Waals surface area contributed by atoms with Crippen LogP contribution in [0.4, 0.5) is 5.95 Å². The predicted molar refractivity (Wildman–Crippen MR) is 115 cm³/mol. The lowest BCUT2D eigenvalue weighted by atomic mass is 10.1. The molecule has 2 heterocycles. The van der Waals surface area contributed by atoms with Crippen molar-refractivity contribution in [3.05, 3.63) is 35.9 Å². The van der Waals surface area contributed by atoms with Crippen LogP contribution >= 0.6 is 11.8 Å². The zero-order valence-electron chi connectivity index (χ0n) is 17.4. The number of hydrogen-bond donors (Lipinski definition) is 1. The third-order valence-corrected chi connectivity index (χ3v) is 5.91. The largest absolute Gasteiger partial charge is 0.378 e. The van der Waals surface area contributed by atoms with E-state index in [4.69, 9.17) is 4.74 Å². The van der Waals surface area contributed by atoms with Crippen molar-refractivity contribution in [1.82, 2.24) is 25.0 Å². The summed E-state index contributed by atoms with van der Waals surface area (Å²) in [5, 5.41) is 12.5. The van der Waals surface area contributed by atoms with Gasteiger partial charge in [0, 0.05) is 26.2 Å². The summed E-state index contributed by atoms with van der Waals surface area (Å²) in [6.45, 7) is 6.43. The second kappa shape index (κ2) is 10.6. The number of amides is 1. The van der Waals surface area contributed by atoms with E-state index in [1.807, 2.05) is 32.3 Å². The van der Waals surface area contributed by atoms with Gasteiger partial charge >= 0.3 is 0 Å². The number of carbonyl (C=O) groups is 1. The molecule has 1 amide bonds. The highest BCUT2D eigenvalue weighted by molar-refractivity contribution is 7.99. The fourth-order valence-corrected chi connectivity index (χ4v) is 4.15. The summed E-state index contributed by atoms with van der Waals surface area (Å²) < 4.78 is 7.48. The van der Waals surface area contributed by atoms with Crippen LogP contribution < -0.4 is 10.2 Å². The van der Waals surface area contributed by atoms with Gasteiger partial charge in [0.25, 0.3) is 0 Å². The Morgan fingerprint density at radius 2 is 1.97 bits per heavy atom. The second-order valence-electron chi connectivity index (χ2n) is 7.11. The van der Waals surface area contributed by atoms with Crippen LogP contribution in [0.5, 0.6) is 0 Å². The first-order chi connectivity index (χ1) is 14.1. The zero-order chi connectivity index (χ0) is 20.6. The van der Waals surface area contributed by atoms with E-state index < -0.39 is 0 Å². The van der Waals surface area contributed by atoms with Gasteiger partial charge < -0.3 is 19.9 Å². The molecular formula is C20H30N6O2S. The molecule has 1 saturated heterocycles. The number of rotatable bonds is 9. The molecule has 1 N–H and O–H groups in total. The lowest BCUT2D eigenvalue weighted by Gasteiger charge is -2.27. The van der Waals surface area contributed by atoms with E-state index in [1.165, 1.54) is 17.3 Å². The van der Waals surface area contributed by atoms with Gasteiger partial charge in [-0.3, -0.25) is 9.36 Å². The highest BCUT2D eigenvalue weighted by Gasteiger charge is 2.21. The fraction of sp³-hybridized carbons (Fsp3) is 0.550. The number of thioether (sulfide) groups is 1. The van der Waals surface area contributed by atoms with Gasteiger partial charge in [0.2, 0.25) is 11.9 Å². The topological polar surface area (TPSA) is 75.5 Å². The maximum atomic E-state index is 12.4. The quantitative estimate of drug-likeness (QED) is 0.621.